The van der Waals surface area contributed by atoms with Crippen molar-refractivity contribution in [2.75, 3.05) is 13.1 Å². The van der Waals surface area contributed by atoms with E-state index in [0.29, 0.717) is 0 Å². The Morgan fingerprint density at radius 3 is 1.26 bits per heavy atom. The molecular weight excluding hydrogens is 408 g/mol. The van der Waals surface area contributed by atoms with Crippen LogP contribution >= 0.6 is 12.4 Å². The smallest absolute Gasteiger partial charge is 0.330 e. The highest BCUT2D eigenvalue weighted by Gasteiger charge is 2.16. The molecule has 0 atom stereocenters. The monoisotopic (exact) mass is 448 g/mol. The summed E-state index contributed by atoms with van der Waals surface area (Å²) in [4.78, 5) is 9.60. The van der Waals surface area contributed by atoms with E-state index >= 15 is 0 Å². The number of hydrogen-bond donors (Lipinski definition) is 3. The van der Waals surface area contributed by atoms with Crippen molar-refractivity contribution in [3.8, 4) is 0 Å². The van der Waals surface area contributed by atoms with Crippen LogP contribution in [-0.2, 0) is 17.6 Å². The number of carboxylic acids is 1. The van der Waals surface area contributed by atoms with Crippen LogP contribution in [-0.4, -0.2) is 24.2 Å². The van der Waals surface area contributed by atoms with E-state index in [1.807, 2.05) is 12.1 Å². The average Bonchev–Trinajstić information content (AvgIpc) is 2.70. The lowest BCUT2D eigenvalue weighted by Gasteiger charge is -2.22. The van der Waals surface area contributed by atoms with Crippen LogP contribution < -0.4 is 11.5 Å². The molecule has 4 nitrogen and oxygen atoms in total. The first-order valence-electron chi connectivity index (χ1n) is 10.3. The number of carboxylic acid groups (broad SMARTS) is 1. The number of hydrogen-bond acceptors (Lipinski definition) is 3. The molecule has 0 aliphatic heterocycles. The zero-order valence-electron chi connectivity index (χ0n) is 19.7. The minimum absolute atomic E-state index is 0. The minimum Gasteiger partial charge on any atom is -0.478 e. The molecule has 0 aliphatic carbocycles. The second-order valence-electron chi connectivity index (χ2n) is 9.15. The quantitative estimate of drug-likeness (QED) is 0.488. The number of aliphatic carboxylic acids is 1. The lowest BCUT2D eigenvalue weighted by molar-refractivity contribution is -0.132. The average molecular weight is 449 g/mol. The van der Waals surface area contributed by atoms with Gasteiger partial charge in [-0.1, -0.05) is 94.9 Å². The molecule has 31 heavy (non-hydrogen) atoms. The first-order chi connectivity index (χ1) is 13.9. The van der Waals surface area contributed by atoms with Crippen molar-refractivity contribution in [1.82, 2.24) is 0 Å². The summed E-state index contributed by atoms with van der Waals surface area (Å²) in [5, 5.41) is 7.89. The van der Waals surface area contributed by atoms with Crippen molar-refractivity contribution >= 4 is 18.4 Å². The van der Waals surface area contributed by atoms with Gasteiger partial charge in [-0.05, 0) is 54.8 Å². The first kappa shape index (κ1) is 31.0. The van der Waals surface area contributed by atoms with Gasteiger partial charge in [-0.15, -0.1) is 12.4 Å². The Bertz CT molecular complexity index is 679. The van der Waals surface area contributed by atoms with Crippen molar-refractivity contribution < 1.29 is 9.90 Å². The highest BCUT2D eigenvalue weighted by atomic mass is 35.5. The van der Waals surface area contributed by atoms with Gasteiger partial charge in [0, 0.05) is 5.57 Å². The number of rotatable bonds is 7. The highest BCUT2D eigenvalue weighted by molar-refractivity contribution is 5.85. The van der Waals surface area contributed by atoms with Crippen molar-refractivity contribution in [3.05, 3.63) is 83.9 Å². The molecule has 0 amide bonds. The van der Waals surface area contributed by atoms with Crippen LogP contribution in [0.2, 0.25) is 0 Å². The number of benzene rings is 2. The van der Waals surface area contributed by atoms with E-state index < -0.39 is 5.97 Å². The molecule has 0 unspecified atom stereocenters. The molecule has 0 bridgehead atoms. The van der Waals surface area contributed by atoms with Gasteiger partial charge in [-0.3, -0.25) is 0 Å². The zero-order chi connectivity index (χ0) is 23.2. The van der Waals surface area contributed by atoms with Crippen LogP contribution in [0.4, 0.5) is 0 Å². The lowest BCUT2D eigenvalue weighted by Crippen LogP contribution is -2.25. The normalized spacial score (nSPS) is 10.4. The molecule has 2 rings (SSSR count). The van der Waals surface area contributed by atoms with E-state index in [1.54, 1.807) is 0 Å². The van der Waals surface area contributed by atoms with E-state index in [4.69, 9.17) is 16.6 Å². The van der Waals surface area contributed by atoms with E-state index in [1.165, 1.54) is 18.1 Å². The van der Waals surface area contributed by atoms with Gasteiger partial charge < -0.3 is 16.6 Å². The molecule has 2 aromatic rings. The van der Waals surface area contributed by atoms with Gasteiger partial charge in [-0.25, -0.2) is 4.79 Å². The van der Waals surface area contributed by atoms with Crippen molar-refractivity contribution in [3.63, 3.8) is 0 Å². The predicted octanol–water partition coefficient (Wildman–Crippen LogP) is 5.50. The molecule has 5 N–H and O–H groups in total. The Morgan fingerprint density at radius 1 is 0.806 bits per heavy atom. The molecule has 2 aromatic carbocycles. The fourth-order valence-electron chi connectivity index (χ4n) is 2.44. The van der Waals surface area contributed by atoms with E-state index in [2.05, 4.69) is 82.8 Å². The Hall–Kier alpha value is -2.14. The lowest BCUT2D eigenvalue weighted by atomic mass is 9.86. The summed E-state index contributed by atoms with van der Waals surface area (Å²) in [6.07, 6.45) is 2.12. The van der Waals surface area contributed by atoms with Crippen molar-refractivity contribution in [2.45, 2.75) is 47.5 Å². The molecule has 0 saturated carbocycles. The molecule has 0 aliphatic rings. The van der Waals surface area contributed by atoms with Gasteiger partial charge in [-0.2, -0.15) is 0 Å². The van der Waals surface area contributed by atoms with Crippen molar-refractivity contribution in [1.29, 1.82) is 0 Å². The van der Waals surface area contributed by atoms with Crippen LogP contribution in [0.5, 0.6) is 0 Å². The van der Waals surface area contributed by atoms with Crippen LogP contribution in [0.3, 0.4) is 0 Å². The molecule has 0 spiro atoms. The predicted molar refractivity (Wildman–Crippen MR) is 136 cm³/mol. The molecule has 0 saturated heterocycles. The highest BCUT2D eigenvalue weighted by Crippen LogP contribution is 2.20. The summed E-state index contributed by atoms with van der Waals surface area (Å²) in [6, 6.07) is 21.0. The maximum absolute atomic E-state index is 9.60. The molecule has 0 heterocycles. The molecule has 5 heteroatoms. The van der Waals surface area contributed by atoms with Crippen molar-refractivity contribution in [2.24, 2.45) is 22.3 Å². The maximum atomic E-state index is 9.60. The van der Waals surface area contributed by atoms with Crippen LogP contribution in [0, 0.1) is 10.8 Å². The largest absolute Gasteiger partial charge is 0.478 e. The topological polar surface area (TPSA) is 89.3 Å². The first-order valence-corrected chi connectivity index (χ1v) is 10.3. The van der Waals surface area contributed by atoms with Crippen LogP contribution in [0.25, 0.3) is 0 Å². The Labute approximate surface area is 195 Å². The van der Waals surface area contributed by atoms with Crippen LogP contribution in [0.1, 0.15) is 45.7 Å². The van der Waals surface area contributed by atoms with Gasteiger partial charge in [0.15, 0.2) is 0 Å². The molecule has 0 fully saturated rings. The second kappa shape index (κ2) is 15.6. The molecule has 0 aromatic heterocycles. The summed E-state index contributed by atoms with van der Waals surface area (Å²) in [6.45, 7) is 14.9. The number of nitrogens with two attached hydrogens (primary N) is 2. The van der Waals surface area contributed by atoms with Gasteiger partial charge in [0.2, 0.25) is 0 Å². The van der Waals surface area contributed by atoms with E-state index in [0.717, 1.165) is 25.9 Å². The third-order valence-corrected chi connectivity index (χ3v) is 4.52. The zero-order valence-corrected chi connectivity index (χ0v) is 20.5. The molecular formula is C26H41ClN2O2. The number of carbonyl (C=O) groups is 1. The fourth-order valence-corrected chi connectivity index (χ4v) is 2.44. The number of halogens is 1. The van der Waals surface area contributed by atoms with Gasteiger partial charge in [0.1, 0.15) is 0 Å². The minimum atomic E-state index is -0.935. The Morgan fingerprint density at radius 2 is 1.06 bits per heavy atom. The standard InChI is InChI=1S/2C11H17N.C4H6O2.ClH/c2*1-11(2,9-12)8-10-6-4-3-5-7-10;1-3(2)4(5)6;/h2*3-7H,8-9,12H2,1-2H3;1H2,2H3,(H,5,6);1H. The Balaban J connectivity index is 0. The summed E-state index contributed by atoms with van der Waals surface area (Å²) >= 11 is 0. The third kappa shape index (κ3) is 16.3. The Kier molecular flexibility index (Phi) is 15.7. The summed E-state index contributed by atoms with van der Waals surface area (Å²) in [7, 11) is 0. The fraction of sp³-hybridized carbons (Fsp3) is 0.423. The molecule has 174 valence electrons. The molecule has 0 radical (unpaired) electrons. The summed E-state index contributed by atoms with van der Waals surface area (Å²) in [5.74, 6) is -0.935. The SMILES string of the molecule is C=C(C)C(=O)O.CC(C)(CN)Cc1ccccc1.CC(C)(CN)Cc1ccccc1.Cl. The van der Waals surface area contributed by atoms with Crippen LogP contribution in [0.15, 0.2) is 72.8 Å². The van der Waals surface area contributed by atoms with Gasteiger partial charge in [0.25, 0.3) is 0 Å². The maximum Gasteiger partial charge on any atom is 0.330 e. The van der Waals surface area contributed by atoms with E-state index in [-0.39, 0.29) is 28.8 Å². The third-order valence-electron chi connectivity index (χ3n) is 4.52. The summed E-state index contributed by atoms with van der Waals surface area (Å²) in [5.41, 5.74) is 14.7. The van der Waals surface area contributed by atoms with Gasteiger partial charge in [0.05, 0.1) is 0 Å². The second-order valence-corrected chi connectivity index (χ2v) is 9.15. The van der Waals surface area contributed by atoms with Gasteiger partial charge >= 0.3 is 5.97 Å². The van der Waals surface area contributed by atoms with E-state index in [9.17, 15) is 4.79 Å². The summed E-state index contributed by atoms with van der Waals surface area (Å²) < 4.78 is 0.